The van der Waals surface area contributed by atoms with Crippen molar-refractivity contribution >= 4 is 51.6 Å². The Bertz CT molecular complexity index is 1440. The third-order valence-electron chi connectivity index (χ3n) is 7.43. The molecule has 1 saturated heterocycles. The number of benzene rings is 2. The van der Waals surface area contributed by atoms with E-state index in [-0.39, 0.29) is 23.9 Å². The van der Waals surface area contributed by atoms with Gasteiger partial charge in [0.05, 0.1) is 39.3 Å². The quantitative estimate of drug-likeness (QED) is 0.225. The Labute approximate surface area is 243 Å². The number of piperidine rings is 1. The molecule has 0 bridgehead atoms. The van der Waals surface area contributed by atoms with Gasteiger partial charge in [0.2, 0.25) is 11.8 Å². The number of hydrogen-bond acceptors (Lipinski definition) is 9. The Kier molecular flexibility index (Phi) is 8.15. The fraction of sp³-hybridized carbons (Fsp3) is 0.464. The first-order valence-electron chi connectivity index (χ1n) is 13.3. The van der Waals surface area contributed by atoms with Crippen molar-refractivity contribution in [3.05, 3.63) is 45.4 Å². The lowest BCUT2D eigenvalue weighted by Gasteiger charge is -2.38. The minimum absolute atomic E-state index is 0.108. The molecule has 0 spiro atoms. The summed E-state index contributed by atoms with van der Waals surface area (Å²) in [7, 11) is 1.66. The van der Waals surface area contributed by atoms with E-state index in [9.17, 15) is 9.90 Å². The number of carbonyl (C=O) groups is 1. The number of nitrogens with one attached hydrogen (secondary N) is 2. The second-order valence-corrected chi connectivity index (χ2v) is 11.8. The van der Waals surface area contributed by atoms with Gasteiger partial charge < -0.3 is 35.8 Å². The van der Waals surface area contributed by atoms with Crippen molar-refractivity contribution in [1.82, 2.24) is 20.2 Å². The smallest absolute Gasteiger partial charge is 0.255 e. The van der Waals surface area contributed by atoms with Crippen molar-refractivity contribution in [2.24, 2.45) is 0 Å². The molecule has 0 saturated carbocycles. The highest BCUT2D eigenvalue weighted by atomic mass is 35.5. The normalized spacial score (nSPS) is 20.2. The van der Waals surface area contributed by atoms with Crippen LogP contribution < -0.4 is 21.1 Å². The Morgan fingerprint density at radius 1 is 1.30 bits per heavy atom. The van der Waals surface area contributed by atoms with Crippen molar-refractivity contribution in [3.8, 4) is 11.6 Å². The molecule has 40 heavy (non-hydrogen) atoms. The number of nitrogen functional groups attached to an aromatic ring is 1. The topological polar surface area (TPSA) is 135 Å². The molecule has 10 nitrogen and oxygen atoms in total. The van der Waals surface area contributed by atoms with E-state index in [1.54, 1.807) is 31.4 Å². The van der Waals surface area contributed by atoms with Gasteiger partial charge in [-0.2, -0.15) is 4.98 Å². The van der Waals surface area contributed by atoms with Gasteiger partial charge in [-0.3, -0.25) is 4.79 Å². The van der Waals surface area contributed by atoms with Crippen LogP contribution in [0.15, 0.2) is 24.3 Å². The van der Waals surface area contributed by atoms with Gasteiger partial charge in [0.25, 0.3) is 5.91 Å². The predicted molar refractivity (Wildman–Crippen MR) is 157 cm³/mol. The predicted octanol–water partition coefficient (Wildman–Crippen LogP) is 4.26. The van der Waals surface area contributed by atoms with Crippen LogP contribution in [0.25, 0.3) is 10.9 Å². The number of rotatable bonds is 8. The molecule has 2 aromatic carbocycles. The number of fused-ring (bicyclic) bond motifs is 2. The lowest BCUT2D eigenvalue weighted by Crippen LogP contribution is -2.55. The van der Waals surface area contributed by atoms with Crippen molar-refractivity contribution in [2.45, 2.75) is 50.9 Å². The third-order valence-corrected chi connectivity index (χ3v) is 7.98. The third kappa shape index (κ3) is 6.00. The molecule has 3 aromatic rings. The molecule has 2 aliphatic heterocycles. The Morgan fingerprint density at radius 2 is 2.10 bits per heavy atom. The lowest BCUT2D eigenvalue weighted by molar-refractivity contribution is 0.00634. The largest absolute Gasteiger partial charge is 0.493 e. The number of aromatic hydroxyl groups is 1. The molecule has 0 unspecified atom stereocenters. The number of nitrogens with zero attached hydrogens (tertiary/aromatic N) is 3. The monoisotopic (exact) mass is 588 g/mol. The maximum Gasteiger partial charge on any atom is 0.255 e. The van der Waals surface area contributed by atoms with Gasteiger partial charge in [-0.15, -0.1) is 0 Å². The number of aromatic nitrogens is 2. The molecular weight excluding hydrogens is 555 g/mol. The van der Waals surface area contributed by atoms with E-state index in [0.29, 0.717) is 63.4 Å². The second kappa shape index (κ2) is 11.4. The zero-order chi connectivity index (χ0) is 28.6. The molecule has 2 aliphatic rings. The van der Waals surface area contributed by atoms with E-state index in [4.69, 9.17) is 38.4 Å². The molecule has 214 valence electrons. The van der Waals surface area contributed by atoms with Gasteiger partial charge in [0.15, 0.2) is 0 Å². The summed E-state index contributed by atoms with van der Waals surface area (Å²) in [6, 6.07) is 6.55. The molecule has 3 heterocycles. The van der Waals surface area contributed by atoms with E-state index in [1.165, 1.54) is 0 Å². The maximum atomic E-state index is 13.4. The van der Waals surface area contributed by atoms with Gasteiger partial charge in [-0.05, 0) is 57.5 Å². The first kappa shape index (κ1) is 28.5. The van der Waals surface area contributed by atoms with Crippen molar-refractivity contribution in [1.29, 1.82) is 0 Å². The van der Waals surface area contributed by atoms with Gasteiger partial charge in [0.1, 0.15) is 11.4 Å². The summed E-state index contributed by atoms with van der Waals surface area (Å²) in [5.74, 6) is 0.519. The van der Waals surface area contributed by atoms with E-state index in [1.807, 2.05) is 13.8 Å². The number of carbonyl (C=O) groups excluding carboxylic acids is 1. The first-order valence-corrected chi connectivity index (χ1v) is 14.1. The van der Waals surface area contributed by atoms with Crippen LogP contribution in [0.4, 0.5) is 11.6 Å². The van der Waals surface area contributed by atoms with Gasteiger partial charge in [-0.1, -0.05) is 23.2 Å². The molecule has 5 N–H and O–H groups in total. The molecular formula is C28H34Cl2N6O4. The maximum absolute atomic E-state index is 13.4. The number of likely N-dealkylation sites (tertiary alicyclic amines) is 1. The average molecular weight is 590 g/mol. The van der Waals surface area contributed by atoms with Gasteiger partial charge in [0, 0.05) is 43.8 Å². The first-order chi connectivity index (χ1) is 19.0. The van der Waals surface area contributed by atoms with Crippen LogP contribution in [0, 0.1) is 0 Å². The van der Waals surface area contributed by atoms with Crippen LogP contribution in [0.2, 0.25) is 10.0 Å². The number of amides is 1. The number of hydrogen-bond donors (Lipinski definition) is 4. The summed E-state index contributed by atoms with van der Waals surface area (Å²) in [5.41, 5.74) is 7.99. The molecule has 1 fully saturated rings. The van der Waals surface area contributed by atoms with Crippen molar-refractivity contribution < 1.29 is 19.4 Å². The Morgan fingerprint density at radius 3 is 2.88 bits per heavy atom. The fourth-order valence-corrected chi connectivity index (χ4v) is 5.79. The molecule has 0 radical (unpaired) electrons. The summed E-state index contributed by atoms with van der Waals surface area (Å²) >= 11 is 12.4. The zero-order valence-corrected chi connectivity index (χ0v) is 24.3. The molecule has 5 rings (SSSR count). The van der Waals surface area contributed by atoms with Crippen LogP contribution in [-0.4, -0.2) is 76.9 Å². The summed E-state index contributed by atoms with van der Waals surface area (Å²) in [5, 5.41) is 17.9. The summed E-state index contributed by atoms with van der Waals surface area (Å²) in [4.78, 5) is 24.2. The van der Waals surface area contributed by atoms with Gasteiger partial charge >= 0.3 is 0 Å². The summed E-state index contributed by atoms with van der Waals surface area (Å²) < 4.78 is 11.9. The molecule has 0 aliphatic carbocycles. The van der Waals surface area contributed by atoms with E-state index in [0.717, 1.165) is 31.5 Å². The highest BCUT2D eigenvalue weighted by Crippen LogP contribution is 2.44. The zero-order valence-electron chi connectivity index (χ0n) is 22.8. The van der Waals surface area contributed by atoms with Gasteiger partial charge in [-0.25, -0.2) is 4.98 Å². The highest BCUT2D eigenvalue weighted by molar-refractivity contribution is 6.34. The second-order valence-electron chi connectivity index (χ2n) is 10.9. The standard InChI is InChI=1S/C28H34Cl2N6O4/c1-28(2)13-18-23(31)19(30)12-17(24(18)40-28)26(38)33-21-7-10-36(14-22(21)39-3)9-4-8-32-27-34-20-6-5-15(29)11-16(20)25(37)35-27/h5-6,11-12,21-22H,4,7-10,13-14,31H2,1-3H3,(H,33,38)(H2,32,34,35,37)/t21-,22+/m0/s1. The Hall–Kier alpha value is -3.05. The molecule has 2 atom stereocenters. The fourth-order valence-electron chi connectivity index (χ4n) is 5.40. The minimum Gasteiger partial charge on any atom is -0.493 e. The average Bonchev–Trinajstić information content (AvgIpc) is 3.25. The van der Waals surface area contributed by atoms with E-state index in [2.05, 4.69) is 25.5 Å². The number of anilines is 2. The van der Waals surface area contributed by atoms with Crippen molar-refractivity contribution in [3.63, 3.8) is 0 Å². The van der Waals surface area contributed by atoms with E-state index < -0.39 is 5.60 Å². The number of halogens is 2. The lowest BCUT2D eigenvalue weighted by atomic mass is 9.97. The molecule has 12 heteroatoms. The van der Waals surface area contributed by atoms with Crippen molar-refractivity contribution in [2.75, 3.05) is 44.3 Å². The number of ether oxygens (including phenoxy) is 2. The van der Waals surface area contributed by atoms with Crippen LogP contribution in [0.3, 0.4) is 0 Å². The number of nitrogens with two attached hydrogens (primary N) is 1. The molecule has 1 amide bonds. The van der Waals surface area contributed by atoms with E-state index >= 15 is 0 Å². The highest BCUT2D eigenvalue weighted by Gasteiger charge is 2.37. The SMILES string of the molecule is CO[C@@H]1CN(CCCNc2nc(O)c3cc(Cl)ccc3n2)CC[C@@H]1NC(=O)c1cc(Cl)c(N)c2c1OC(C)(C)C2. The Balaban J connectivity index is 1.14. The molecule has 1 aromatic heterocycles. The van der Waals surface area contributed by atoms with Crippen LogP contribution in [-0.2, 0) is 11.2 Å². The minimum atomic E-state index is -0.458. The number of methoxy groups -OCH3 is 1. The van der Waals surface area contributed by atoms with Crippen LogP contribution in [0.5, 0.6) is 11.6 Å². The summed E-state index contributed by atoms with van der Waals surface area (Å²) in [6.45, 7) is 6.87. The van der Waals surface area contributed by atoms with Crippen LogP contribution in [0.1, 0.15) is 42.6 Å². The summed E-state index contributed by atoms with van der Waals surface area (Å²) in [6.07, 6.45) is 1.98. The van der Waals surface area contributed by atoms with Crippen LogP contribution >= 0.6 is 23.2 Å².